The minimum atomic E-state index is -0.371. The number of carbonyl (C=O) groups excluding carboxylic acids is 2. The van der Waals surface area contributed by atoms with Crippen LogP contribution in [0.4, 0.5) is 11.4 Å². The molecule has 0 spiro atoms. The van der Waals surface area contributed by atoms with E-state index >= 15 is 0 Å². The maximum absolute atomic E-state index is 11.8. The van der Waals surface area contributed by atoms with Gasteiger partial charge in [0.15, 0.2) is 0 Å². The zero-order valence-electron chi connectivity index (χ0n) is 11.4. The van der Waals surface area contributed by atoms with Gasteiger partial charge in [-0.05, 0) is 36.4 Å². The fraction of sp³-hybridized carbons (Fsp3) is 0.125. The summed E-state index contributed by atoms with van der Waals surface area (Å²) in [5, 5.41) is 0. The quantitative estimate of drug-likeness (QED) is 0.634. The fourth-order valence-electron chi connectivity index (χ4n) is 1.92. The summed E-state index contributed by atoms with van der Waals surface area (Å²) in [5.41, 5.74) is 1.51. The molecule has 0 aromatic heterocycles. The molecule has 0 heterocycles. The maximum Gasteiger partial charge on any atom is 0.308 e. The lowest BCUT2D eigenvalue weighted by molar-refractivity contribution is -0.131. The summed E-state index contributed by atoms with van der Waals surface area (Å²) < 4.78 is 4.97. The first-order chi connectivity index (χ1) is 9.58. The van der Waals surface area contributed by atoms with Crippen molar-refractivity contribution in [3.8, 4) is 5.75 Å². The zero-order chi connectivity index (χ0) is 14.5. The van der Waals surface area contributed by atoms with Gasteiger partial charge in [0.25, 0.3) is 0 Å². The molecule has 2 aromatic rings. The number of benzene rings is 2. The Morgan fingerprint density at radius 3 is 1.90 bits per heavy atom. The van der Waals surface area contributed by atoms with Gasteiger partial charge in [0.2, 0.25) is 5.91 Å². The Labute approximate surface area is 117 Å². The van der Waals surface area contributed by atoms with Crippen LogP contribution in [0.2, 0.25) is 0 Å². The number of esters is 1. The molecule has 0 N–H and O–H groups in total. The van der Waals surface area contributed by atoms with Crippen LogP contribution in [0, 0.1) is 0 Å². The van der Waals surface area contributed by atoms with Crippen molar-refractivity contribution in [2.24, 2.45) is 0 Å². The minimum Gasteiger partial charge on any atom is -0.427 e. The molecule has 0 aliphatic rings. The topological polar surface area (TPSA) is 46.6 Å². The average molecular weight is 269 g/mol. The number of carbonyl (C=O) groups is 2. The molecular weight excluding hydrogens is 254 g/mol. The molecule has 2 rings (SSSR count). The molecule has 0 unspecified atom stereocenters. The minimum absolute atomic E-state index is 0.0866. The molecule has 0 saturated heterocycles. The molecule has 4 nitrogen and oxygen atoms in total. The first kappa shape index (κ1) is 13.8. The van der Waals surface area contributed by atoms with Gasteiger partial charge >= 0.3 is 5.97 Å². The monoisotopic (exact) mass is 269 g/mol. The van der Waals surface area contributed by atoms with Crippen molar-refractivity contribution in [2.75, 3.05) is 4.90 Å². The van der Waals surface area contributed by atoms with Crippen molar-refractivity contribution in [2.45, 2.75) is 13.8 Å². The van der Waals surface area contributed by atoms with Gasteiger partial charge in [-0.15, -0.1) is 0 Å². The third-order valence-corrected chi connectivity index (χ3v) is 2.69. The number of rotatable bonds is 3. The SMILES string of the molecule is CC(=O)Oc1ccc(N(C(C)=O)c2ccccc2)cc1. The van der Waals surface area contributed by atoms with E-state index in [0.29, 0.717) is 5.75 Å². The predicted octanol–water partition coefficient (Wildman–Crippen LogP) is 3.30. The highest BCUT2D eigenvalue weighted by Gasteiger charge is 2.13. The number of hydrogen-bond acceptors (Lipinski definition) is 3. The predicted molar refractivity (Wildman–Crippen MR) is 77.0 cm³/mol. The van der Waals surface area contributed by atoms with E-state index in [9.17, 15) is 9.59 Å². The molecule has 0 radical (unpaired) electrons. The first-order valence-corrected chi connectivity index (χ1v) is 6.22. The van der Waals surface area contributed by atoms with Crippen molar-refractivity contribution >= 4 is 23.3 Å². The largest absolute Gasteiger partial charge is 0.427 e. The molecule has 0 bridgehead atoms. The normalized spacial score (nSPS) is 9.90. The molecule has 102 valence electrons. The van der Waals surface area contributed by atoms with Crippen LogP contribution in [-0.4, -0.2) is 11.9 Å². The van der Waals surface area contributed by atoms with Crippen molar-refractivity contribution < 1.29 is 14.3 Å². The van der Waals surface area contributed by atoms with Gasteiger partial charge in [0.1, 0.15) is 5.75 Å². The van der Waals surface area contributed by atoms with Crippen LogP contribution in [0.3, 0.4) is 0 Å². The van der Waals surface area contributed by atoms with Gasteiger partial charge in [-0.25, -0.2) is 0 Å². The highest BCUT2D eigenvalue weighted by molar-refractivity contribution is 5.99. The van der Waals surface area contributed by atoms with Gasteiger partial charge in [-0.3, -0.25) is 14.5 Å². The molecular formula is C16H15NO3. The summed E-state index contributed by atoms with van der Waals surface area (Å²) >= 11 is 0. The van der Waals surface area contributed by atoms with Crippen molar-refractivity contribution in [1.29, 1.82) is 0 Å². The zero-order valence-corrected chi connectivity index (χ0v) is 11.4. The Bertz CT molecular complexity index is 605. The van der Waals surface area contributed by atoms with Crippen molar-refractivity contribution in [3.63, 3.8) is 0 Å². The van der Waals surface area contributed by atoms with Crippen LogP contribution in [0.5, 0.6) is 5.75 Å². The highest BCUT2D eigenvalue weighted by atomic mass is 16.5. The Kier molecular flexibility index (Phi) is 4.15. The van der Waals surface area contributed by atoms with Crippen LogP contribution in [0.1, 0.15) is 13.8 Å². The summed E-state index contributed by atoms with van der Waals surface area (Å²) in [7, 11) is 0. The Hall–Kier alpha value is -2.62. The van der Waals surface area contributed by atoms with E-state index < -0.39 is 0 Å². The number of hydrogen-bond donors (Lipinski definition) is 0. The van der Waals surface area contributed by atoms with Gasteiger partial charge in [0.05, 0.1) is 0 Å². The van der Waals surface area contributed by atoms with Crippen LogP contribution >= 0.6 is 0 Å². The lowest BCUT2D eigenvalue weighted by Crippen LogP contribution is -2.22. The molecule has 1 amide bonds. The average Bonchev–Trinajstić information content (AvgIpc) is 2.41. The van der Waals surface area contributed by atoms with Gasteiger partial charge in [-0.1, -0.05) is 18.2 Å². The molecule has 0 atom stereocenters. The lowest BCUT2D eigenvalue weighted by Gasteiger charge is -2.21. The van der Waals surface area contributed by atoms with Crippen LogP contribution in [0.25, 0.3) is 0 Å². The van der Waals surface area contributed by atoms with E-state index in [4.69, 9.17) is 4.74 Å². The third-order valence-electron chi connectivity index (χ3n) is 2.69. The van der Waals surface area contributed by atoms with E-state index in [1.54, 1.807) is 29.2 Å². The maximum atomic E-state index is 11.8. The summed E-state index contributed by atoms with van der Waals surface area (Å²) in [5.74, 6) is -0.00140. The number of anilines is 2. The standard InChI is InChI=1S/C16H15NO3/c1-12(18)17(14-6-4-3-5-7-14)15-8-10-16(11-9-15)20-13(2)19/h3-11H,1-2H3. The van der Waals surface area contributed by atoms with Gasteiger partial charge in [-0.2, -0.15) is 0 Å². The summed E-state index contributed by atoms with van der Waals surface area (Å²) in [6, 6.07) is 16.2. The molecule has 2 aromatic carbocycles. The smallest absolute Gasteiger partial charge is 0.308 e. The summed E-state index contributed by atoms with van der Waals surface area (Å²) in [6.45, 7) is 2.85. The molecule has 0 fully saturated rings. The summed E-state index contributed by atoms with van der Waals surface area (Å²) in [6.07, 6.45) is 0. The Morgan fingerprint density at radius 2 is 1.40 bits per heavy atom. The van der Waals surface area contributed by atoms with E-state index in [-0.39, 0.29) is 11.9 Å². The molecule has 20 heavy (non-hydrogen) atoms. The van der Waals surface area contributed by atoms with Gasteiger partial charge in [0, 0.05) is 25.2 Å². The summed E-state index contributed by atoms with van der Waals surface area (Å²) in [4.78, 5) is 24.3. The van der Waals surface area contributed by atoms with E-state index in [1.165, 1.54) is 13.8 Å². The Morgan fingerprint density at radius 1 is 0.850 bits per heavy atom. The Balaban J connectivity index is 2.31. The molecule has 4 heteroatoms. The highest BCUT2D eigenvalue weighted by Crippen LogP contribution is 2.27. The molecule has 0 aliphatic heterocycles. The van der Waals surface area contributed by atoms with Crippen LogP contribution in [-0.2, 0) is 9.59 Å². The lowest BCUT2D eigenvalue weighted by atomic mass is 10.2. The van der Waals surface area contributed by atoms with Crippen molar-refractivity contribution in [3.05, 3.63) is 54.6 Å². The van der Waals surface area contributed by atoms with E-state index in [2.05, 4.69) is 0 Å². The molecule has 0 saturated carbocycles. The van der Waals surface area contributed by atoms with Crippen LogP contribution < -0.4 is 9.64 Å². The van der Waals surface area contributed by atoms with E-state index in [1.807, 2.05) is 30.3 Å². The van der Waals surface area contributed by atoms with Crippen molar-refractivity contribution in [1.82, 2.24) is 0 Å². The van der Waals surface area contributed by atoms with E-state index in [0.717, 1.165) is 11.4 Å². The number of para-hydroxylation sites is 1. The molecule has 0 aliphatic carbocycles. The second kappa shape index (κ2) is 6.02. The fourth-order valence-corrected chi connectivity index (χ4v) is 1.92. The third kappa shape index (κ3) is 3.23. The van der Waals surface area contributed by atoms with Gasteiger partial charge < -0.3 is 4.74 Å². The van der Waals surface area contributed by atoms with Crippen LogP contribution in [0.15, 0.2) is 54.6 Å². The second-order valence-corrected chi connectivity index (χ2v) is 4.28. The first-order valence-electron chi connectivity index (χ1n) is 6.22. The second-order valence-electron chi connectivity index (χ2n) is 4.28. The number of nitrogens with zero attached hydrogens (tertiary/aromatic N) is 1. The number of amides is 1. The number of ether oxygens (including phenoxy) is 1.